The van der Waals surface area contributed by atoms with Crippen LogP contribution in [0.4, 0.5) is 5.69 Å². The average molecular weight is 299 g/mol. The van der Waals surface area contributed by atoms with Crippen molar-refractivity contribution in [3.8, 4) is 5.82 Å². The Morgan fingerprint density at radius 3 is 2.57 bits per heavy atom. The molecule has 0 aliphatic rings. The number of hydrogen-bond acceptors (Lipinski definition) is 3. The van der Waals surface area contributed by atoms with Crippen LogP contribution in [0, 0.1) is 0 Å². The highest BCUT2D eigenvalue weighted by Gasteiger charge is 2.06. The van der Waals surface area contributed by atoms with Gasteiger partial charge in [-0.2, -0.15) is 5.10 Å². The van der Waals surface area contributed by atoms with E-state index in [1.165, 1.54) is 5.56 Å². The van der Waals surface area contributed by atoms with E-state index in [9.17, 15) is 0 Å². The third kappa shape index (κ3) is 3.23. The Kier molecular flexibility index (Phi) is 3.88. The lowest BCUT2D eigenvalue weighted by Gasteiger charge is -2.15. The Labute approximate surface area is 128 Å². The van der Waals surface area contributed by atoms with Gasteiger partial charge in [-0.15, -0.1) is 0 Å². The third-order valence-electron chi connectivity index (χ3n) is 3.24. The first-order valence-electron chi connectivity index (χ1n) is 6.70. The topological polar surface area (TPSA) is 42.7 Å². The largest absolute Gasteiger partial charge is 0.377 e. The standard InChI is InChI=1S/C16H15ClN4/c1-12(13-3-5-14(17)6-4-13)20-15-7-8-16(18-11-15)21-10-2-9-19-21/h2-12,20H,1H3. The van der Waals surface area contributed by atoms with Gasteiger partial charge in [-0.05, 0) is 42.8 Å². The van der Waals surface area contributed by atoms with E-state index in [2.05, 4.69) is 22.3 Å². The van der Waals surface area contributed by atoms with E-state index in [1.807, 2.05) is 54.9 Å². The van der Waals surface area contributed by atoms with Crippen LogP contribution in [-0.4, -0.2) is 14.8 Å². The fraction of sp³-hybridized carbons (Fsp3) is 0.125. The molecule has 0 aliphatic heterocycles. The van der Waals surface area contributed by atoms with E-state index in [1.54, 1.807) is 10.9 Å². The molecule has 4 nitrogen and oxygen atoms in total. The Morgan fingerprint density at radius 2 is 1.95 bits per heavy atom. The van der Waals surface area contributed by atoms with E-state index in [0.29, 0.717) is 0 Å². The maximum Gasteiger partial charge on any atom is 0.153 e. The first-order chi connectivity index (χ1) is 10.2. The maximum absolute atomic E-state index is 5.90. The summed E-state index contributed by atoms with van der Waals surface area (Å²) in [6.07, 6.45) is 5.41. The van der Waals surface area contributed by atoms with E-state index < -0.39 is 0 Å². The number of aromatic nitrogens is 3. The molecule has 2 aromatic heterocycles. The lowest BCUT2D eigenvalue weighted by Crippen LogP contribution is -2.07. The van der Waals surface area contributed by atoms with Crippen LogP contribution in [0.5, 0.6) is 0 Å². The van der Waals surface area contributed by atoms with Gasteiger partial charge in [-0.25, -0.2) is 9.67 Å². The van der Waals surface area contributed by atoms with Crippen molar-refractivity contribution in [1.29, 1.82) is 0 Å². The number of benzene rings is 1. The lowest BCUT2D eigenvalue weighted by atomic mass is 10.1. The van der Waals surface area contributed by atoms with Crippen LogP contribution in [0.1, 0.15) is 18.5 Å². The lowest BCUT2D eigenvalue weighted by molar-refractivity contribution is 0.842. The summed E-state index contributed by atoms with van der Waals surface area (Å²) >= 11 is 5.90. The van der Waals surface area contributed by atoms with Crippen LogP contribution >= 0.6 is 11.6 Å². The van der Waals surface area contributed by atoms with Crippen molar-refractivity contribution in [2.24, 2.45) is 0 Å². The first kappa shape index (κ1) is 13.6. The Morgan fingerprint density at radius 1 is 1.14 bits per heavy atom. The summed E-state index contributed by atoms with van der Waals surface area (Å²) in [5.74, 6) is 0.796. The molecule has 21 heavy (non-hydrogen) atoms. The Bertz CT molecular complexity index is 690. The molecular weight excluding hydrogens is 284 g/mol. The maximum atomic E-state index is 5.90. The summed E-state index contributed by atoms with van der Waals surface area (Å²) in [6, 6.07) is 13.8. The van der Waals surface area contributed by atoms with Gasteiger partial charge in [0, 0.05) is 23.5 Å². The molecule has 1 unspecified atom stereocenters. The SMILES string of the molecule is CC(Nc1ccc(-n2cccn2)nc1)c1ccc(Cl)cc1. The molecule has 5 heteroatoms. The molecule has 0 saturated heterocycles. The highest BCUT2D eigenvalue weighted by molar-refractivity contribution is 6.30. The van der Waals surface area contributed by atoms with Crippen molar-refractivity contribution < 1.29 is 0 Å². The van der Waals surface area contributed by atoms with Crippen molar-refractivity contribution in [1.82, 2.24) is 14.8 Å². The van der Waals surface area contributed by atoms with Crippen LogP contribution < -0.4 is 5.32 Å². The minimum atomic E-state index is 0.180. The van der Waals surface area contributed by atoms with Crippen LogP contribution in [0.2, 0.25) is 5.02 Å². The molecule has 0 saturated carbocycles. The van der Waals surface area contributed by atoms with Crippen molar-refractivity contribution >= 4 is 17.3 Å². The predicted molar refractivity (Wildman–Crippen MR) is 84.8 cm³/mol. The quantitative estimate of drug-likeness (QED) is 0.789. The predicted octanol–water partition coefficient (Wildman–Crippen LogP) is 4.09. The summed E-state index contributed by atoms with van der Waals surface area (Å²) in [4.78, 5) is 4.40. The summed E-state index contributed by atoms with van der Waals surface area (Å²) in [5, 5.41) is 8.32. The second-order valence-electron chi connectivity index (χ2n) is 4.77. The van der Waals surface area contributed by atoms with Gasteiger partial charge in [-0.3, -0.25) is 0 Å². The van der Waals surface area contributed by atoms with E-state index in [4.69, 9.17) is 11.6 Å². The second kappa shape index (κ2) is 5.97. The molecule has 1 aromatic carbocycles. The van der Waals surface area contributed by atoms with Crippen molar-refractivity contribution in [2.45, 2.75) is 13.0 Å². The molecule has 0 radical (unpaired) electrons. The number of hydrogen-bond donors (Lipinski definition) is 1. The molecule has 0 aliphatic carbocycles. The number of halogens is 1. The molecule has 3 rings (SSSR count). The number of rotatable bonds is 4. The zero-order chi connectivity index (χ0) is 14.7. The van der Waals surface area contributed by atoms with E-state index >= 15 is 0 Å². The van der Waals surface area contributed by atoms with Crippen molar-refractivity contribution in [3.63, 3.8) is 0 Å². The smallest absolute Gasteiger partial charge is 0.153 e. The summed E-state index contributed by atoms with van der Waals surface area (Å²) < 4.78 is 1.73. The molecule has 1 atom stereocenters. The van der Waals surface area contributed by atoms with Crippen LogP contribution in [0.15, 0.2) is 61.1 Å². The van der Waals surface area contributed by atoms with E-state index in [0.717, 1.165) is 16.5 Å². The Balaban J connectivity index is 1.71. The van der Waals surface area contributed by atoms with Gasteiger partial charge in [0.1, 0.15) is 0 Å². The molecule has 106 valence electrons. The number of pyridine rings is 1. The number of nitrogens with zero attached hydrogens (tertiary/aromatic N) is 3. The highest BCUT2D eigenvalue weighted by atomic mass is 35.5. The molecule has 0 spiro atoms. The van der Waals surface area contributed by atoms with E-state index in [-0.39, 0.29) is 6.04 Å². The molecule has 2 heterocycles. The second-order valence-corrected chi connectivity index (χ2v) is 5.21. The van der Waals surface area contributed by atoms with Crippen molar-refractivity contribution in [3.05, 3.63) is 71.6 Å². The highest BCUT2D eigenvalue weighted by Crippen LogP contribution is 2.20. The minimum Gasteiger partial charge on any atom is -0.377 e. The van der Waals surface area contributed by atoms with Crippen LogP contribution in [0.3, 0.4) is 0 Å². The number of anilines is 1. The fourth-order valence-corrected chi connectivity index (χ4v) is 2.22. The first-order valence-corrected chi connectivity index (χ1v) is 7.08. The summed E-state index contributed by atoms with van der Waals surface area (Å²) in [6.45, 7) is 2.10. The zero-order valence-corrected chi connectivity index (χ0v) is 12.3. The Hall–Kier alpha value is -2.33. The molecule has 0 fully saturated rings. The van der Waals surface area contributed by atoms with Gasteiger partial charge in [0.25, 0.3) is 0 Å². The molecule has 3 aromatic rings. The van der Waals surface area contributed by atoms with Gasteiger partial charge in [0.05, 0.1) is 11.9 Å². The molecular formula is C16H15ClN4. The van der Waals surface area contributed by atoms with Crippen molar-refractivity contribution in [2.75, 3.05) is 5.32 Å². The number of nitrogens with one attached hydrogen (secondary N) is 1. The monoisotopic (exact) mass is 298 g/mol. The van der Waals surface area contributed by atoms with Gasteiger partial charge >= 0.3 is 0 Å². The summed E-state index contributed by atoms with van der Waals surface area (Å²) in [7, 11) is 0. The van der Waals surface area contributed by atoms with Gasteiger partial charge in [0.15, 0.2) is 5.82 Å². The fourth-order valence-electron chi connectivity index (χ4n) is 2.10. The average Bonchev–Trinajstić information content (AvgIpc) is 3.03. The zero-order valence-electron chi connectivity index (χ0n) is 11.6. The molecule has 0 amide bonds. The van der Waals surface area contributed by atoms with Crippen LogP contribution in [-0.2, 0) is 0 Å². The van der Waals surface area contributed by atoms with Gasteiger partial charge in [-0.1, -0.05) is 23.7 Å². The molecule has 0 bridgehead atoms. The van der Waals surface area contributed by atoms with Crippen LogP contribution in [0.25, 0.3) is 5.82 Å². The third-order valence-corrected chi connectivity index (χ3v) is 3.49. The summed E-state index contributed by atoms with van der Waals surface area (Å²) in [5.41, 5.74) is 2.14. The molecule has 1 N–H and O–H groups in total. The van der Waals surface area contributed by atoms with Gasteiger partial charge < -0.3 is 5.32 Å². The van der Waals surface area contributed by atoms with Gasteiger partial charge in [0.2, 0.25) is 0 Å². The minimum absolute atomic E-state index is 0.180. The normalized spacial score (nSPS) is 12.1.